The van der Waals surface area contributed by atoms with E-state index in [1.807, 2.05) is 39.8 Å². The van der Waals surface area contributed by atoms with Gasteiger partial charge in [-0.25, -0.2) is 0 Å². The average molecular weight is 261 g/mol. The van der Waals surface area contributed by atoms with Gasteiger partial charge in [0, 0.05) is 5.56 Å². The predicted molar refractivity (Wildman–Crippen MR) is 77.0 cm³/mol. The highest BCUT2D eigenvalue weighted by Gasteiger charge is 2.25. The summed E-state index contributed by atoms with van der Waals surface area (Å²) < 4.78 is 5.76. The van der Waals surface area contributed by atoms with Crippen LogP contribution in [-0.2, 0) is 0 Å². The number of nitrogens with one attached hydrogen (secondary N) is 1. The third kappa shape index (κ3) is 2.98. The quantitative estimate of drug-likeness (QED) is 0.847. The SMILES string of the molecule is Cc1c(OC(C)C)ccc(C(=O)C2CCCN2)c1C. The van der Waals surface area contributed by atoms with Crippen LogP contribution in [0.5, 0.6) is 5.75 Å². The van der Waals surface area contributed by atoms with Crippen molar-refractivity contribution in [3.63, 3.8) is 0 Å². The number of Topliss-reactive ketones (excluding diaryl/α,β-unsaturated/α-hetero) is 1. The molecule has 3 nitrogen and oxygen atoms in total. The van der Waals surface area contributed by atoms with Crippen molar-refractivity contribution in [1.29, 1.82) is 0 Å². The molecule has 0 saturated carbocycles. The summed E-state index contributed by atoms with van der Waals surface area (Å²) in [5.41, 5.74) is 2.93. The summed E-state index contributed by atoms with van der Waals surface area (Å²) in [6.07, 6.45) is 2.18. The molecule has 104 valence electrons. The fourth-order valence-electron chi connectivity index (χ4n) is 2.54. The number of ketones is 1. The predicted octanol–water partition coefficient (Wildman–Crippen LogP) is 3.03. The lowest BCUT2D eigenvalue weighted by Gasteiger charge is -2.17. The number of hydrogen-bond acceptors (Lipinski definition) is 3. The maximum Gasteiger partial charge on any atom is 0.180 e. The fourth-order valence-corrected chi connectivity index (χ4v) is 2.54. The van der Waals surface area contributed by atoms with Gasteiger partial charge in [-0.3, -0.25) is 4.79 Å². The van der Waals surface area contributed by atoms with Crippen molar-refractivity contribution in [3.05, 3.63) is 28.8 Å². The lowest BCUT2D eigenvalue weighted by atomic mass is 9.95. The van der Waals surface area contributed by atoms with Gasteiger partial charge in [-0.05, 0) is 70.3 Å². The molecule has 19 heavy (non-hydrogen) atoms. The van der Waals surface area contributed by atoms with E-state index in [1.54, 1.807) is 0 Å². The lowest BCUT2D eigenvalue weighted by Crippen LogP contribution is -2.31. The van der Waals surface area contributed by atoms with Crippen molar-refractivity contribution >= 4 is 5.78 Å². The first-order valence-corrected chi connectivity index (χ1v) is 7.05. The average Bonchev–Trinajstić information content (AvgIpc) is 2.88. The van der Waals surface area contributed by atoms with E-state index >= 15 is 0 Å². The van der Waals surface area contributed by atoms with Gasteiger partial charge in [-0.1, -0.05) is 0 Å². The fraction of sp³-hybridized carbons (Fsp3) is 0.562. The molecule has 0 amide bonds. The second-order valence-electron chi connectivity index (χ2n) is 5.54. The molecule has 0 spiro atoms. The molecule has 1 unspecified atom stereocenters. The normalized spacial score (nSPS) is 18.9. The van der Waals surface area contributed by atoms with Crippen LogP contribution >= 0.6 is 0 Å². The first kappa shape index (κ1) is 14.1. The first-order valence-electron chi connectivity index (χ1n) is 7.05. The molecule has 1 atom stereocenters. The highest BCUT2D eigenvalue weighted by atomic mass is 16.5. The number of benzene rings is 1. The van der Waals surface area contributed by atoms with Crippen molar-refractivity contribution in [1.82, 2.24) is 5.32 Å². The van der Waals surface area contributed by atoms with E-state index < -0.39 is 0 Å². The molecule has 0 aliphatic carbocycles. The monoisotopic (exact) mass is 261 g/mol. The highest BCUT2D eigenvalue weighted by Crippen LogP contribution is 2.26. The summed E-state index contributed by atoms with van der Waals surface area (Å²) in [5.74, 6) is 1.10. The van der Waals surface area contributed by atoms with E-state index in [0.29, 0.717) is 0 Å². The number of carbonyl (C=O) groups is 1. The molecular weight excluding hydrogens is 238 g/mol. The summed E-state index contributed by atoms with van der Waals surface area (Å²) >= 11 is 0. The molecule has 1 aliphatic heterocycles. The van der Waals surface area contributed by atoms with Crippen molar-refractivity contribution in [3.8, 4) is 5.75 Å². The Morgan fingerprint density at radius 1 is 1.32 bits per heavy atom. The summed E-state index contributed by atoms with van der Waals surface area (Å²) in [7, 11) is 0. The molecule has 1 fully saturated rings. The van der Waals surface area contributed by atoms with Gasteiger partial charge in [-0.2, -0.15) is 0 Å². The van der Waals surface area contributed by atoms with Crippen molar-refractivity contribution < 1.29 is 9.53 Å². The minimum atomic E-state index is -0.00466. The van der Waals surface area contributed by atoms with Crippen molar-refractivity contribution in [2.24, 2.45) is 0 Å². The Morgan fingerprint density at radius 2 is 2.05 bits per heavy atom. The zero-order valence-electron chi connectivity index (χ0n) is 12.2. The topological polar surface area (TPSA) is 38.3 Å². The molecular formula is C16H23NO2. The zero-order chi connectivity index (χ0) is 14.0. The van der Waals surface area contributed by atoms with E-state index in [1.165, 1.54) is 0 Å². The molecule has 1 aromatic carbocycles. The molecule has 0 aromatic heterocycles. The maximum absolute atomic E-state index is 12.5. The Balaban J connectivity index is 2.27. The Labute approximate surface area is 115 Å². The first-order chi connectivity index (χ1) is 9.00. The van der Waals surface area contributed by atoms with Gasteiger partial charge in [0.1, 0.15) is 5.75 Å². The number of carbonyl (C=O) groups excluding carboxylic acids is 1. The minimum Gasteiger partial charge on any atom is -0.491 e. The van der Waals surface area contributed by atoms with E-state index in [0.717, 1.165) is 41.8 Å². The smallest absolute Gasteiger partial charge is 0.180 e. The number of ether oxygens (including phenoxy) is 1. The Bertz CT molecular complexity index is 474. The summed E-state index contributed by atoms with van der Waals surface area (Å²) in [6, 6.07) is 3.82. The molecule has 1 saturated heterocycles. The van der Waals surface area contributed by atoms with Crippen LogP contribution in [-0.4, -0.2) is 24.5 Å². The molecule has 1 aliphatic rings. The largest absolute Gasteiger partial charge is 0.491 e. The summed E-state index contributed by atoms with van der Waals surface area (Å²) in [5, 5.41) is 3.27. The van der Waals surface area contributed by atoms with Gasteiger partial charge >= 0.3 is 0 Å². The van der Waals surface area contributed by atoms with Crippen LogP contribution in [0.2, 0.25) is 0 Å². The van der Waals surface area contributed by atoms with Gasteiger partial charge < -0.3 is 10.1 Å². The Morgan fingerprint density at radius 3 is 2.63 bits per heavy atom. The van der Waals surface area contributed by atoms with Gasteiger partial charge in [0.15, 0.2) is 5.78 Å². The molecule has 1 heterocycles. The van der Waals surface area contributed by atoms with E-state index in [2.05, 4.69) is 5.32 Å². The molecule has 3 heteroatoms. The second kappa shape index (κ2) is 5.74. The Hall–Kier alpha value is -1.35. The van der Waals surface area contributed by atoms with Gasteiger partial charge in [0.2, 0.25) is 0 Å². The van der Waals surface area contributed by atoms with Crippen LogP contribution in [0.1, 0.15) is 48.2 Å². The van der Waals surface area contributed by atoms with Gasteiger partial charge in [0.25, 0.3) is 0 Å². The summed E-state index contributed by atoms with van der Waals surface area (Å²) in [4.78, 5) is 12.5. The Kier molecular flexibility index (Phi) is 4.25. The second-order valence-corrected chi connectivity index (χ2v) is 5.54. The van der Waals surface area contributed by atoms with Crippen molar-refractivity contribution in [2.75, 3.05) is 6.54 Å². The molecule has 1 aromatic rings. The van der Waals surface area contributed by atoms with E-state index in [-0.39, 0.29) is 17.9 Å². The van der Waals surface area contributed by atoms with Crippen LogP contribution in [0, 0.1) is 13.8 Å². The van der Waals surface area contributed by atoms with Crippen LogP contribution in [0.25, 0.3) is 0 Å². The molecule has 0 radical (unpaired) electrons. The standard InChI is InChI=1S/C16H23NO2/c1-10(2)19-15-8-7-13(11(3)12(15)4)16(18)14-6-5-9-17-14/h7-8,10,14,17H,5-6,9H2,1-4H3. The molecule has 2 rings (SSSR count). The van der Waals surface area contributed by atoms with Crippen molar-refractivity contribution in [2.45, 2.75) is 52.7 Å². The van der Waals surface area contributed by atoms with E-state index in [9.17, 15) is 4.79 Å². The summed E-state index contributed by atoms with van der Waals surface area (Å²) in [6.45, 7) is 8.99. The number of rotatable bonds is 4. The van der Waals surface area contributed by atoms with Gasteiger partial charge in [0.05, 0.1) is 12.1 Å². The van der Waals surface area contributed by atoms with Crippen LogP contribution in [0.15, 0.2) is 12.1 Å². The molecule has 0 bridgehead atoms. The minimum absolute atomic E-state index is 0.00466. The van der Waals surface area contributed by atoms with Crippen LogP contribution in [0.4, 0.5) is 0 Å². The zero-order valence-corrected chi connectivity index (χ0v) is 12.2. The van der Waals surface area contributed by atoms with Crippen LogP contribution in [0.3, 0.4) is 0 Å². The third-order valence-corrected chi connectivity index (χ3v) is 3.74. The lowest BCUT2D eigenvalue weighted by molar-refractivity contribution is 0.0951. The third-order valence-electron chi connectivity index (χ3n) is 3.74. The maximum atomic E-state index is 12.5. The van der Waals surface area contributed by atoms with Crippen LogP contribution < -0.4 is 10.1 Å². The number of hydrogen-bond donors (Lipinski definition) is 1. The highest BCUT2D eigenvalue weighted by molar-refractivity contribution is 6.01. The molecule has 1 N–H and O–H groups in total. The van der Waals surface area contributed by atoms with E-state index in [4.69, 9.17) is 4.74 Å². The van der Waals surface area contributed by atoms with Gasteiger partial charge in [-0.15, -0.1) is 0 Å².